The molecule has 1 aliphatic rings. The summed E-state index contributed by atoms with van der Waals surface area (Å²) in [6, 6.07) is 0.563. The predicted octanol–water partition coefficient (Wildman–Crippen LogP) is 3.37. The lowest BCUT2D eigenvalue weighted by Crippen LogP contribution is -2.48. The lowest BCUT2D eigenvalue weighted by Gasteiger charge is -2.38. The van der Waals surface area contributed by atoms with E-state index in [9.17, 15) is 4.79 Å². The van der Waals surface area contributed by atoms with Gasteiger partial charge in [0.15, 0.2) is 0 Å². The smallest absolute Gasteiger partial charge is 0.323 e. The Morgan fingerprint density at radius 3 is 2.44 bits per heavy atom. The van der Waals surface area contributed by atoms with Gasteiger partial charge in [-0.15, -0.1) is 0 Å². The quantitative estimate of drug-likeness (QED) is 0.653. The zero-order valence-electron chi connectivity index (χ0n) is 12.3. The van der Waals surface area contributed by atoms with E-state index >= 15 is 0 Å². The molecule has 0 N–H and O–H groups in total. The molecule has 0 aromatic carbocycles. The van der Waals surface area contributed by atoms with Crippen molar-refractivity contribution in [2.75, 3.05) is 13.7 Å². The Labute approximate surface area is 112 Å². The van der Waals surface area contributed by atoms with Crippen LogP contribution in [-0.2, 0) is 9.53 Å². The molecule has 0 spiro atoms. The topological polar surface area (TPSA) is 29.5 Å². The van der Waals surface area contributed by atoms with Gasteiger partial charge in [-0.2, -0.15) is 0 Å². The molecule has 0 amide bonds. The zero-order chi connectivity index (χ0) is 13.4. The number of ether oxygens (including phenoxy) is 1. The van der Waals surface area contributed by atoms with Crippen LogP contribution in [0.2, 0.25) is 0 Å². The van der Waals surface area contributed by atoms with Gasteiger partial charge in [0, 0.05) is 6.04 Å². The molecule has 1 aliphatic carbocycles. The second-order valence-corrected chi connectivity index (χ2v) is 5.30. The molecule has 0 aromatic heterocycles. The van der Waals surface area contributed by atoms with Gasteiger partial charge in [-0.3, -0.25) is 9.69 Å². The molecular weight excluding hydrogens is 226 g/mol. The van der Waals surface area contributed by atoms with Gasteiger partial charge in [-0.05, 0) is 25.8 Å². The minimum absolute atomic E-state index is 0.0250. The molecule has 0 bridgehead atoms. The van der Waals surface area contributed by atoms with Gasteiger partial charge in [-0.25, -0.2) is 0 Å². The predicted molar refractivity (Wildman–Crippen MR) is 74.6 cm³/mol. The average Bonchev–Trinajstić information content (AvgIpc) is 2.43. The third-order valence-corrected chi connectivity index (χ3v) is 4.11. The second-order valence-electron chi connectivity index (χ2n) is 5.30. The van der Waals surface area contributed by atoms with Crippen LogP contribution >= 0.6 is 0 Å². The first-order valence-corrected chi connectivity index (χ1v) is 7.58. The largest absolute Gasteiger partial charge is 0.468 e. The Hall–Kier alpha value is -0.570. The number of carbonyl (C=O) groups excluding carboxylic acids is 1. The first kappa shape index (κ1) is 15.5. The summed E-state index contributed by atoms with van der Waals surface area (Å²) in [5.41, 5.74) is 0. The highest BCUT2D eigenvalue weighted by Gasteiger charge is 2.31. The summed E-state index contributed by atoms with van der Waals surface area (Å²) >= 11 is 0. The summed E-state index contributed by atoms with van der Waals surface area (Å²) in [5.74, 6) is -0.0455. The van der Waals surface area contributed by atoms with Crippen molar-refractivity contribution < 1.29 is 9.53 Å². The van der Waals surface area contributed by atoms with Crippen LogP contribution in [0.25, 0.3) is 0 Å². The van der Waals surface area contributed by atoms with E-state index < -0.39 is 0 Å². The first-order chi connectivity index (χ1) is 8.74. The lowest BCUT2D eigenvalue weighted by atomic mass is 9.92. The molecule has 3 nitrogen and oxygen atoms in total. The Morgan fingerprint density at radius 1 is 1.28 bits per heavy atom. The summed E-state index contributed by atoms with van der Waals surface area (Å²) in [5, 5.41) is 0. The molecule has 0 aromatic rings. The molecule has 1 saturated carbocycles. The van der Waals surface area contributed by atoms with Crippen molar-refractivity contribution in [1.29, 1.82) is 0 Å². The Kier molecular flexibility index (Phi) is 7.33. The fourth-order valence-corrected chi connectivity index (χ4v) is 3.10. The second kappa shape index (κ2) is 8.52. The molecule has 1 rings (SSSR count). The molecule has 3 heteroatoms. The number of unbranched alkanes of at least 4 members (excludes halogenated alkanes) is 1. The third-order valence-electron chi connectivity index (χ3n) is 4.11. The van der Waals surface area contributed by atoms with Crippen molar-refractivity contribution in [2.24, 2.45) is 0 Å². The zero-order valence-corrected chi connectivity index (χ0v) is 12.3. The van der Waals surface area contributed by atoms with Gasteiger partial charge < -0.3 is 4.74 Å². The van der Waals surface area contributed by atoms with Crippen LogP contribution in [0.3, 0.4) is 0 Å². The number of methoxy groups -OCH3 is 1. The number of hydrogen-bond acceptors (Lipinski definition) is 3. The summed E-state index contributed by atoms with van der Waals surface area (Å²) in [4.78, 5) is 14.4. The number of likely N-dealkylation sites (N-methyl/N-ethyl adjacent to an activating group) is 1. The number of nitrogens with zero attached hydrogens (tertiary/aromatic N) is 1. The number of esters is 1. The lowest BCUT2D eigenvalue weighted by molar-refractivity contribution is -0.148. The van der Waals surface area contributed by atoms with Gasteiger partial charge in [0.25, 0.3) is 0 Å². The minimum Gasteiger partial charge on any atom is -0.468 e. The molecule has 0 saturated heterocycles. The van der Waals surface area contributed by atoms with Gasteiger partial charge >= 0.3 is 5.97 Å². The van der Waals surface area contributed by atoms with Crippen molar-refractivity contribution in [2.45, 2.75) is 77.3 Å². The number of carbonyl (C=O) groups is 1. The van der Waals surface area contributed by atoms with Crippen LogP contribution in [0.15, 0.2) is 0 Å². The summed E-state index contributed by atoms with van der Waals surface area (Å²) in [6.45, 7) is 5.29. The van der Waals surface area contributed by atoms with E-state index in [1.165, 1.54) is 39.2 Å². The minimum atomic E-state index is -0.0455. The van der Waals surface area contributed by atoms with Crippen molar-refractivity contribution in [3.05, 3.63) is 0 Å². The van der Waals surface area contributed by atoms with Crippen molar-refractivity contribution in [3.8, 4) is 0 Å². The van der Waals surface area contributed by atoms with Crippen LogP contribution in [-0.4, -0.2) is 36.6 Å². The molecule has 106 valence electrons. The molecule has 0 heterocycles. The molecule has 18 heavy (non-hydrogen) atoms. The highest BCUT2D eigenvalue weighted by molar-refractivity contribution is 5.75. The monoisotopic (exact) mass is 255 g/mol. The van der Waals surface area contributed by atoms with Crippen LogP contribution in [0.5, 0.6) is 0 Å². The third kappa shape index (κ3) is 4.27. The summed E-state index contributed by atoms with van der Waals surface area (Å²) in [6.07, 6.45) is 9.63. The van der Waals surface area contributed by atoms with E-state index in [0.29, 0.717) is 6.04 Å². The molecule has 1 unspecified atom stereocenters. The Balaban J connectivity index is 2.67. The fraction of sp³-hybridized carbons (Fsp3) is 0.933. The molecule has 0 aliphatic heterocycles. The average molecular weight is 255 g/mol. The normalized spacial score (nSPS) is 18.9. The van der Waals surface area contributed by atoms with Crippen molar-refractivity contribution in [1.82, 2.24) is 4.90 Å². The molecular formula is C15H29NO2. The standard InChI is InChI=1S/C15H29NO2/c1-4-6-12-14(15(17)18-3)16(5-2)13-10-8-7-9-11-13/h13-14H,4-12H2,1-3H3. The Morgan fingerprint density at radius 2 is 1.94 bits per heavy atom. The number of rotatable bonds is 7. The highest BCUT2D eigenvalue weighted by atomic mass is 16.5. The Bertz CT molecular complexity index is 237. The SMILES string of the molecule is CCCCC(C(=O)OC)N(CC)C1CCCCC1. The van der Waals surface area contributed by atoms with Crippen LogP contribution in [0.4, 0.5) is 0 Å². The summed E-state index contributed by atoms with van der Waals surface area (Å²) in [7, 11) is 1.51. The van der Waals surface area contributed by atoms with Gasteiger partial charge in [0.2, 0.25) is 0 Å². The van der Waals surface area contributed by atoms with E-state index in [2.05, 4.69) is 18.7 Å². The van der Waals surface area contributed by atoms with Gasteiger partial charge in [-0.1, -0.05) is 46.0 Å². The van der Waals surface area contributed by atoms with E-state index in [0.717, 1.165) is 25.8 Å². The van der Waals surface area contributed by atoms with E-state index in [1.54, 1.807) is 0 Å². The van der Waals surface area contributed by atoms with Crippen LogP contribution in [0, 0.1) is 0 Å². The van der Waals surface area contributed by atoms with E-state index in [-0.39, 0.29) is 12.0 Å². The molecule has 1 atom stereocenters. The molecule has 1 fully saturated rings. The van der Waals surface area contributed by atoms with Crippen molar-refractivity contribution in [3.63, 3.8) is 0 Å². The van der Waals surface area contributed by atoms with Gasteiger partial charge in [0.05, 0.1) is 7.11 Å². The van der Waals surface area contributed by atoms with Crippen LogP contribution in [0.1, 0.15) is 65.2 Å². The summed E-state index contributed by atoms with van der Waals surface area (Å²) < 4.78 is 5.00. The van der Waals surface area contributed by atoms with E-state index in [1.807, 2.05) is 0 Å². The maximum atomic E-state index is 12.0. The maximum Gasteiger partial charge on any atom is 0.323 e. The van der Waals surface area contributed by atoms with Crippen LogP contribution < -0.4 is 0 Å². The first-order valence-electron chi connectivity index (χ1n) is 7.58. The fourth-order valence-electron chi connectivity index (χ4n) is 3.10. The van der Waals surface area contributed by atoms with E-state index in [4.69, 9.17) is 4.74 Å². The highest BCUT2D eigenvalue weighted by Crippen LogP contribution is 2.25. The van der Waals surface area contributed by atoms with Crippen molar-refractivity contribution >= 4 is 5.97 Å². The maximum absolute atomic E-state index is 12.0. The number of hydrogen-bond donors (Lipinski definition) is 0. The van der Waals surface area contributed by atoms with Gasteiger partial charge in [0.1, 0.15) is 6.04 Å². The molecule has 0 radical (unpaired) electrons.